The Bertz CT molecular complexity index is 217. The summed E-state index contributed by atoms with van der Waals surface area (Å²) >= 11 is 0. The van der Waals surface area contributed by atoms with Crippen LogP contribution in [0.1, 0.15) is 32.1 Å². The summed E-state index contributed by atoms with van der Waals surface area (Å²) < 4.78 is 0. The van der Waals surface area contributed by atoms with E-state index in [2.05, 4.69) is 5.32 Å². The van der Waals surface area contributed by atoms with Gasteiger partial charge in [-0.2, -0.15) is 0 Å². The van der Waals surface area contributed by atoms with Crippen LogP contribution in [0.25, 0.3) is 0 Å². The molecule has 0 radical (unpaired) electrons. The quantitative estimate of drug-likeness (QED) is 0.580. The maximum Gasteiger partial charge on any atom is 0.241 e. The molecule has 0 unspecified atom stereocenters. The number of nitrogens with two attached hydrogens (primary N) is 1. The molecule has 94 valence electrons. The molecule has 0 aromatic heterocycles. The van der Waals surface area contributed by atoms with E-state index in [0.717, 1.165) is 25.7 Å². The third-order valence-corrected chi connectivity index (χ3v) is 2.29. The third-order valence-electron chi connectivity index (χ3n) is 2.29. The molecule has 0 saturated heterocycles. The maximum atomic E-state index is 11.3. The number of hydrogen-bond donors (Lipinski definition) is 2. The fourth-order valence-corrected chi connectivity index (χ4v) is 1.20. The van der Waals surface area contributed by atoms with Gasteiger partial charge in [0.2, 0.25) is 11.8 Å². The van der Waals surface area contributed by atoms with E-state index in [9.17, 15) is 9.59 Å². The first-order chi connectivity index (χ1) is 7.57. The minimum atomic E-state index is -0.0866. The van der Waals surface area contributed by atoms with E-state index in [1.54, 1.807) is 14.1 Å². The molecule has 0 heterocycles. The molecule has 16 heavy (non-hydrogen) atoms. The number of nitrogens with one attached hydrogen (secondary N) is 1. The summed E-state index contributed by atoms with van der Waals surface area (Å²) in [5.41, 5.74) is 5.36. The Labute approximate surface area is 97.4 Å². The van der Waals surface area contributed by atoms with Gasteiger partial charge in [-0.25, -0.2) is 0 Å². The van der Waals surface area contributed by atoms with Gasteiger partial charge in [0.15, 0.2) is 0 Å². The summed E-state index contributed by atoms with van der Waals surface area (Å²) in [6.07, 6.45) is 4.46. The SMILES string of the molecule is CN(C)C(=O)CNC(=O)CCCCCCN. The van der Waals surface area contributed by atoms with Gasteiger partial charge < -0.3 is 16.0 Å². The first-order valence-electron chi connectivity index (χ1n) is 5.75. The van der Waals surface area contributed by atoms with Crippen LogP contribution in [-0.2, 0) is 9.59 Å². The monoisotopic (exact) mass is 229 g/mol. The molecule has 0 atom stereocenters. The topological polar surface area (TPSA) is 75.4 Å². The van der Waals surface area contributed by atoms with Gasteiger partial charge in [-0.05, 0) is 19.4 Å². The fraction of sp³-hybridized carbons (Fsp3) is 0.818. The zero-order chi connectivity index (χ0) is 12.4. The predicted molar refractivity (Wildman–Crippen MR) is 63.8 cm³/mol. The smallest absolute Gasteiger partial charge is 0.241 e. The summed E-state index contributed by atoms with van der Waals surface area (Å²) in [5.74, 6) is -0.139. The highest BCUT2D eigenvalue weighted by Crippen LogP contribution is 2.01. The lowest BCUT2D eigenvalue weighted by Crippen LogP contribution is -2.36. The Morgan fingerprint density at radius 1 is 1.12 bits per heavy atom. The minimum absolute atomic E-state index is 0.0528. The van der Waals surface area contributed by atoms with Crippen molar-refractivity contribution in [3.8, 4) is 0 Å². The average molecular weight is 229 g/mol. The van der Waals surface area contributed by atoms with E-state index < -0.39 is 0 Å². The lowest BCUT2D eigenvalue weighted by atomic mass is 10.1. The van der Waals surface area contributed by atoms with Crippen LogP contribution in [0.5, 0.6) is 0 Å². The van der Waals surface area contributed by atoms with Gasteiger partial charge in [-0.15, -0.1) is 0 Å². The zero-order valence-electron chi connectivity index (χ0n) is 10.3. The molecule has 0 aromatic carbocycles. The van der Waals surface area contributed by atoms with Gasteiger partial charge >= 0.3 is 0 Å². The van der Waals surface area contributed by atoms with Gasteiger partial charge in [-0.3, -0.25) is 9.59 Å². The molecule has 0 bridgehead atoms. The van der Waals surface area contributed by atoms with Crippen molar-refractivity contribution in [3.05, 3.63) is 0 Å². The molecular formula is C11H23N3O2. The molecule has 5 nitrogen and oxygen atoms in total. The van der Waals surface area contributed by atoms with Crippen molar-refractivity contribution in [3.63, 3.8) is 0 Å². The molecule has 0 fully saturated rings. The highest BCUT2D eigenvalue weighted by molar-refractivity contribution is 5.84. The Morgan fingerprint density at radius 2 is 1.75 bits per heavy atom. The van der Waals surface area contributed by atoms with Crippen molar-refractivity contribution in [2.75, 3.05) is 27.2 Å². The van der Waals surface area contributed by atoms with Crippen molar-refractivity contribution < 1.29 is 9.59 Å². The van der Waals surface area contributed by atoms with Crippen LogP contribution in [0.15, 0.2) is 0 Å². The van der Waals surface area contributed by atoms with Crippen molar-refractivity contribution in [1.82, 2.24) is 10.2 Å². The second-order valence-electron chi connectivity index (χ2n) is 4.02. The molecule has 0 spiro atoms. The van der Waals surface area contributed by atoms with Gasteiger partial charge in [0, 0.05) is 20.5 Å². The number of unbranched alkanes of at least 4 members (excludes halogenated alkanes) is 3. The lowest BCUT2D eigenvalue weighted by Gasteiger charge is -2.10. The van der Waals surface area contributed by atoms with Gasteiger partial charge in [0.05, 0.1) is 6.54 Å². The molecule has 5 heteroatoms. The fourth-order valence-electron chi connectivity index (χ4n) is 1.20. The van der Waals surface area contributed by atoms with Crippen LogP contribution in [0, 0.1) is 0 Å². The standard InChI is InChI=1S/C11H23N3O2/c1-14(2)11(16)9-13-10(15)7-5-3-4-6-8-12/h3-9,12H2,1-2H3,(H,13,15). The average Bonchev–Trinajstić information content (AvgIpc) is 2.25. The predicted octanol–water partition coefficient (Wildman–Crippen LogP) is 0.100. The van der Waals surface area contributed by atoms with Gasteiger partial charge in [0.1, 0.15) is 0 Å². The van der Waals surface area contributed by atoms with Crippen molar-refractivity contribution in [2.24, 2.45) is 5.73 Å². The summed E-state index contributed by atoms with van der Waals surface area (Å²) in [5, 5.41) is 2.60. The van der Waals surface area contributed by atoms with Crippen LogP contribution >= 0.6 is 0 Å². The van der Waals surface area contributed by atoms with Gasteiger partial charge in [-0.1, -0.05) is 12.8 Å². The first kappa shape index (κ1) is 14.9. The second-order valence-corrected chi connectivity index (χ2v) is 4.02. The molecule has 0 aliphatic carbocycles. The number of nitrogens with zero attached hydrogens (tertiary/aromatic N) is 1. The summed E-state index contributed by atoms with van der Waals surface area (Å²) in [4.78, 5) is 23.9. The summed E-state index contributed by atoms with van der Waals surface area (Å²) in [6, 6.07) is 0. The largest absolute Gasteiger partial charge is 0.347 e. The molecule has 0 aliphatic heterocycles. The van der Waals surface area contributed by atoms with Crippen LogP contribution in [0.2, 0.25) is 0 Å². The van der Waals surface area contributed by atoms with Crippen LogP contribution < -0.4 is 11.1 Å². The normalized spacial score (nSPS) is 9.94. The zero-order valence-corrected chi connectivity index (χ0v) is 10.3. The third kappa shape index (κ3) is 8.23. The van der Waals surface area contributed by atoms with Crippen LogP contribution in [-0.4, -0.2) is 43.9 Å². The van der Waals surface area contributed by atoms with E-state index in [1.807, 2.05) is 0 Å². The molecule has 0 saturated carbocycles. The number of carbonyl (C=O) groups excluding carboxylic acids is 2. The number of rotatable bonds is 8. The number of hydrogen-bond acceptors (Lipinski definition) is 3. The number of carbonyl (C=O) groups is 2. The highest BCUT2D eigenvalue weighted by Gasteiger charge is 2.06. The van der Waals surface area contributed by atoms with Crippen molar-refractivity contribution >= 4 is 11.8 Å². The van der Waals surface area contributed by atoms with Crippen LogP contribution in [0.4, 0.5) is 0 Å². The summed E-state index contributed by atoms with van der Waals surface area (Å²) in [6.45, 7) is 0.804. The van der Waals surface area contributed by atoms with Crippen LogP contribution in [0.3, 0.4) is 0 Å². The van der Waals surface area contributed by atoms with Crippen molar-refractivity contribution in [2.45, 2.75) is 32.1 Å². The Morgan fingerprint density at radius 3 is 2.31 bits per heavy atom. The molecule has 2 amide bonds. The van der Waals surface area contributed by atoms with E-state index >= 15 is 0 Å². The molecule has 3 N–H and O–H groups in total. The molecular weight excluding hydrogens is 206 g/mol. The highest BCUT2D eigenvalue weighted by atomic mass is 16.2. The Balaban J connectivity index is 3.41. The van der Waals surface area contributed by atoms with Crippen molar-refractivity contribution in [1.29, 1.82) is 0 Å². The van der Waals surface area contributed by atoms with Gasteiger partial charge in [0.25, 0.3) is 0 Å². The van der Waals surface area contributed by atoms with E-state index in [-0.39, 0.29) is 18.4 Å². The Kier molecular flexibility index (Phi) is 8.52. The van der Waals surface area contributed by atoms with E-state index in [1.165, 1.54) is 4.90 Å². The number of likely N-dealkylation sites (N-methyl/N-ethyl adjacent to an activating group) is 1. The van der Waals surface area contributed by atoms with E-state index in [4.69, 9.17) is 5.73 Å². The molecule has 0 aromatic rings. The number of amides is 2. The minimum Gasteiger partial charge on any atom is -0.347 e. The molecule has 0 rings (SSSR count). The first-order valence-corrected chi connectivity index (χ1v) is 5.75. The van der Waals surface area contributed by atoms with E-state index in [0.29, 0.717) is 13.0 Å². The summed E-state index contributed by atoms with van der Waals surface area (Å²) in [7, 11) is 3.34. The maximum absolute atomic E-state index is 11.3. The Hall–Kier alpha value is -1.10. The second kappa shape index (κ2) is 9.15. The molecule has 0 aliphatic rings. The lowest BCUT2D eigenvalue weighted by molar-refractivity contribution is -0.130.